The number of nitrogens with one attached hydrogen (secondary N) is 3. The van der Waals surface area contributed by atoms with E-state index >= 15 is 0 Å². The van der Waals surface area contributed by atoms with E-state index in [0.717, 1.165) is 5.56 Å². The maximum atomic E-state index is 13.2. The van der Waals surface area contributed by atoms with Gasteiger partial charge in [0.2, 0.25) is 0 Å². The van der Waals surface area contributed by atoms with Crippen molar-refractivity contribution in [2.45, 2.75) is 26.8 Å². The molecule has 168 valence electrons. The fourth-order valence-corrected chi connectivity index (χ4v) is 3.39. The van der Waals surface area contributed by atoms with Gasteiger partial charge >= 0.3 is 6.03 Å². The first kappa shape index (κ1) is 22.7. The van der Waals surface area contributed by atoms with E-state index in [0.29, 0.717) is 40.6 Å². The Morgan fingerprint density at radius 1 is 1.09 bits per heavy atom. The number of carbonyl (C=O) groups excluding carboxylic acids is 3. The van der Waals surface area contributed by atoms with Gasteiger partial charge in [-0.25, -0.2) is 4.79 Å². The van der Waals surface area contributed by atoms with E-state index in [2.05, 4.69) is 16.0 Å². The van der Waals surface area contributed by atoms with Gasteiger partial charge in [-0.05, 0) is 50.1 Å². The van der Waals surface area contributed by atoms with Gasteiger partial charge in [0.25, 0.3) is 11.8 Å². The van der Waals surface area contributed by atoms with Gasteiger partial charge in [0.1, 0.15) is 0 Å². The lowest BCUT2D eigenvalue weighted by Gasteiger charge is -2.29. The summed E-state index contributed by atoms with van der Waals surface area (Å²) >= 11 is 0. The number of benzene rings is 2. The highest BCUT2D eigenvalue weighted by atomic mass is 16.5. The van der Waals surface area contributed by atoms with Crippen molar-refractivity contribution >= 4 is 23.5 Å². The molecule has 0 fully saturated rings. The molecule has 4 amide bonds. The second-order valence-corrected chi connectivity index (χ2v) is 7.23. The van der Waals surface area contributed by atoms with E-state index in [1.807, 2.05) is 38.1 Å². The van der Waals surface area contributed by atoms with E-state index in [1.54, 1.807) is 25.1 Å². The molecule has 0 saturated heterocycles. The number of carbonyl (C=O) groups is 3. The van der Waals surface area contributed by atoms with Gasteiger partial charge < -0.3 is 31.2 Å². The molecule has 0 unspecified atom stereocenters. The van der Waals surface area contributed by atoms with Gasteiger partial charge in [-0.2, -0.15) is 0 Å². The fraction of sp³-hybridized carbons (Fsp3) is 0.261. The first-order chi connectivity index (χ1) is 15.3. The number of anilines is 1. The average molecular weight is 438 g/mol. The number of nitrogens with two attached hydrogens (primary N) is 1. The van der Waals surface area contributed by atoms with Crippen LogP contribution in [-0.4, -0.2) is 31.1 Å². The van der Waals surface area contributed by atoms with Crippen LogP contribution in [0.25, 0.3) is 0 Å². The Labute approximate surface area is 186 Å². The summed E-state index contributed by atoms with van der Waals surface area (Å²) in [6.45, 7) is 5.43. The summed E-state index contributed by atoms with van der Waals surface area (Å²) in [6, 6.07) is 11.3. The molecule has 1 aliphatic heterocycles. The van der Waals surface area contributed by atoms with Crippen LogP contribution < -0.4 is 31.2 Å². The van der Waals surface area contributed by atoms with Crippen LogP contribution in [-0.2, 0) is 9.59 Å². The molecular formula is C23H26N4O5. The standard InChI is InChI=1S/C23H26N4O5/c1-4-31-18-11-15(9-10-17(18)32-12-19(24)28)21-20(14(3)25-23(30)27-21)22(29)26-16-8-6-5-7-13(16)2/h5-11,21H,4,12H2,1-3H3,(H2,24,28)(H,26,29)(H2,25,27,30)/t21-/m1/s1. The largest absolute Gasteiger partial charge is 0.490 e. The minimum absolute atomic E-state index is 0.299. The first-order valence-electron chi connectivity index (χ1n) is 10.1. The number of hydrogen-bond donors (Lipinski definition) is 4. The van der Waals surface area contributed by atoms with E-state index in [4.69, 9.17) is 15.2 Å². The lowest BCUT2D eigenvalue weighted by molar-refractivity contribution is -0.120. The maximum Gasteiger partial charge on any atom is 0.319 e. The predicted molar refractivity (Wildman–Crippen MR) is 119 cm³/mol. The van der Waals surface area contributed by atoms with Gasteiger partial charge in [0.05, 0.1) is 18.2 Å². The van der Waals surface area contributed by atoms with Crippen molar-refractivity contribution in [1.82, 2.24) is 10.6 Å². The Morgan fingerprint density at radius 3 is 2.53 bits per heavy atom. The highest BCUT2D eigenvalue weighted by Crippen LogP contribution is 2.35. The van der Waals surface area contributed by atoms with Gasteiger partial charge in [-0.3, -0.25) is 9.59 Å². The van der Waals surface area contributed by atoms with Crippen LogP contribution in [0.2, 0.25) is 0 Å². The number of hydrogen-bond acceptors (Lipinski definition) is 5. The summed E-state index contributed by atoms with van der Waals surface area (Å²) < 4.78 is 11.1. The zero-order valence-corrected chi connectivity index (χ0v) is 18.2. The van der Waals surface area contributed by atoms with Crippen LogP contribution in [0.1, 0.15) is 31.0 Å². The van der Waals surface area contributed by atoms with Crippen LogP contribution in [0.3, 0.4) is 0 Å². The fourth-order valence-electron chi connectivity index (χ4n) is 3.39. The molecule has 0 radical (unpaired) electrons. The molecule has 0 spiro atoms. The topological polar surface area (TPSA) is 132 Å². The van der Waals surface area contributed by atoms with Crippen molar-refractivity contribution in [3.8, 4) is 11.5 Å². The summed E-state index contributed by atoms with van der Waals surface area (Å²) in [5.74, 6) is -0.256. The molecule has 9 nitrogen and oxygen atoms in total. The molecule has 0 aromatic heterocycles. The number of urea groups is 1. The highest BCUT2D eigenvalue weighted by Gasteiger charge is 2.32. The zero-order chi connectivity index (χ0) is 23.3. The van der Waals surface area contributed by atoms with E-state index in [-0.39, 0.29) is 12.5 Å². The van der Waals surface area contributed by atoms with Gasteiger partial charge in [0.15, 0.2) is 18.1 Å². The molecule has 1 atom stereocenters. The van der Waals surface area contributed by atoms with Crippen molar-refractivity contribution in [3.63, 3.8) is 0 Å². The van der Waals surface area contributed by atoms with Gasteiger partial charge in [-0.15, -0.1) is 0 Å². The number of aryl methyl sites for hydroxylation is 1. The van der Waals surface area contributed by atoms with Crippen LogP contribution in [0, 0.1) is 6.92 Å². The Balaban J connectivity index is 1.96. The minimum Gasteiger partial charge on any atom is -0.490 e. The molecule has 9 heteroatoms. The molecule has 0 bridgehead atoms. The number of primary amides is 1. The third-order valence-electron chi connectivity index (χ3n) is 4.88. The summed E-state index contributed by atoms with van der Waals surface area (Å²) in [5.41, 5.74) is 8.17. The molecule has 0 saturated carbocycles. The first-order valence-corrected chi connectivity index (χ1v) is 10.1. The van der Waals surface area contributed by atoms with E-state index in [9.17, 15) is 14.4 Å². The smallest absolute Gasteiger partial charge is 0.319 e. The summed E-state index contributed by atoms with van der Waals surface area (Å²) in [4.78, 5) is 36.5. The lowest BCUT2D eigenvalue weighted by atomic mass is 9.94. The predicted octanol–water partition coefficient (Wildman–Crippen LogP) is 2.52. The molecule has 2 aromatic carbocycles. The van der Waals surface area contributed by atoms with Crippen molar-refractivity contribution in [3.05, 3.63) is 64.9 Å². The molecule has 5 N–H and O–H groups in total. The third kappa shape index (κ3) is 5.18. The van der Waals surface area contributed by atoms with Crippen LogP contribution in [0.4, 0.5) is 10.5 Å². The summed E-state index contributed by atoms with van der Waals surface area (Å²) in [7, 11) is 0. The van der Waals surface area contributed by atoms with Crippen molar-refractivity contribution < 1.29 is 23.9 Å². The molecule has 2 aromatic rings. The average Bonchev–Trinajstić information content (AvgIpc) is 2.74. The normalized spacial score (nSPS) is 15.5. The zero-order valence-electron chi connectivity index (χ0n) is 18.2. The lowest BCUT2D eigenvalue weighted by Crippen LogP contribution is -2.46. The number of amides is 4. The van der Waals surface area contributed by atoms with Crippen LogP contribution in [0.5, 0.6) is 11.5 Å². The Morgan fingerprint density at radius 2 is 1.84 bits per heavy atom. The highest BCUT2D eigenvalue weighted by molar-refractivity contribution is 6.07. The van der Waals surface area contributed by atoms with Crippen LogP contribution in [0.15, 0.2) is 53.7 Å². The number of rotatable bonds is 8. The van der Waals surface area contributed by atoms with Gasteiger partial charge in [0, 0.05) is 11.4 Å². The van der Waals surface area contributed by atoms with Crippen molar-refractivity contribution in [2.75, 3.05) is 18.5 Å². The van der Waals surface area contributed by atoms with E-state index in [1.165, 1.54) is 0 Å². The van der Waals surface area contributed by atoms with Gasteiger partial charge in [-0.1, -0.05) is 24.3 Å². The molecule has 3 rings (SSSR count). The molecule has 1 aliphatic rings. The second-order valence-electron chi connectivity index (χ2n) is 7.23. The van der Waals surface area contributed by atoms with Crippen LogP contribution >= 0.6 is 0 Å². The monoisotopic (exact) mass is 438 g/mol. The van der Waals surface area contributed by atoms with Crippen molar-refractivity contribution in [1.29, 1.82) is 0 Å². The Bertz CT molecular complexity index is 1080. The maximum absolute atomic E-state index is 13.2. The van der Waals surface area contributed by atoms with Crippen molar-refractivity contribution in [2.24, 2.45) is 5.73 Å². The number of para-hydroxylation sites is 1. The quantitative estimate of drug-likeness (QED) is 0.503. The Kier molecular flexibility index (Phi) is 6.99. The molecular weight excluding hydrogens is 412 g/mol. The summed E-state index contributed by atoms with van der Waals surface area (Å²) in [5, 5.41) is 8.36. The van der Waals surface area contributed by atoms with E-state index < -0.39 is 18.0 Å². The third-order valence-corrected chi connectivity index (χ3v) is 4.88. The molecule has 32 heavy (non-hydrogen) atoms. The minimum atomic E-state index is -0.725. The number of allylic oxidation sites excluding steroid dienone is 1. The summed E-state index contributed by atoms with van der Waals surface area (Å²) in [6.07, 6.45) is 0. The molecule has 1 heterocycles. The second kappa shape index (κ2) is 9.86. The molecule has 0 aliphatic carbocycles. The number of ether oxygens (including phenoxy) is 2. The SMILES string of the molecule is CCOc1cc([C@H]2NC(=O)NC(C)=C2C(=O)Nc2ccccc2C)ccc1OCC(N)=O. The Hall–Kier alpha value is -4.01.